The molecule has 1 amide bonds. The van der Waals surface area contributed by atoms with Crippen LogP contribution in [-0.4, -0.2) is 31.6 Å². The molecule has 0 aliphatic heterocycles. The van der Waals surface area contributed by atoms with Crippen molar-refractivity contribution in [2.45, 2.75) is 30.7 Å². The molecular weight excluding hydrogens is 400 g/mol. The van der Waals surface area contributed by atoms with E-state index in [2.05, 4.69) is 10.0 Å². The summed E-state index contributed by atoms with van der Waals surface area (Å²) in [6, 6.07) is 12.7. The lowest BCUT2D eigenvalue weighted by atomic mass is 10.0. The Morgan fingerprint density at radius 3 is 2.39 bits per heavy atom. The first-order valence-electron chi connectivity index (χ1n) is 8.61. The summed E-state index contributed by atoms with van der Waals surface area (Å²) in [6.07, 6.45) is 3.39. The lowest BCUT2D eigenvalue weighted by Gasteiger charge is -2.24. The van der Waals surface area contributed by atoms with E-state index in [1.165, 1.54) is 18.2 Å². The van der Waals surface area contributed by atoms with Crippen LogP contribution in [0.1, 0.15) is 25.8 Å². The Balaban J connectivity index is 2.06. The van der Waals surface area contributed by atoms with Crippen molar-refractivity contribution < 1.29 is 18.3 Å². The number of amides is 1. The molecule has 0 saturated carbocycles. The third kappa shape index (κ3) is 6.37. The van der Waals surface area contributed by atoms with Gasteiger partial charge in [-0.05, 0) is 56.2 Å². The van der Waals surface area contributed by atoms with Crippen LogP contribution in [0.25, 0.3) is 6.08 Å². The Labute approximate surface area is 170 Å². The average Bonchev–Trinajstić information content (AvgIpc) is 2.61. The van der Waals surface area contributed by atoms with E-state index < -0.39 is 15.6 Å². The van der Waals surface area contributed by atoms with Gasteiger partial charge in [0.15, 0.2) is 0 Å². The molecule has 0 bridgehead atoms. The van der Waals surface area contributed by atoms with E-state index in [-0.39, 0.29) is 17.4 Å². The number of carbonyl (C=O) groups is 1. The zero-order valence-electron chi connectivity index (χ0n) is 15.6. The van der Waals surface area contributed by atoms with Crippen LogP contribution in [-0.2, 0) is 14.8 Å². The van der Waals surface area contributed by atoms with Crippen LogP contribution in [0.2, 0.25) is 5.02 Å². The van der Waals surface area contributed by atoms with Crippen molar-refractivity contribution in [3.63, 3.8) is 0 Å². The summed E-state index contributed by atoms with van der Waals surface area (Å²) in [5.74, 6) is -0.296. The number of aliphatic hydroxyl groups excluding tert-OH is 1. The van der Waals surface area contributed by atoms with Crippen molar-refractivity contribution in [3.8, 4) is 0 Å². The highest BCUT2D eigenvalue weighted by Gasteiger charge is 2.18. The van der Waals surface area contributed by atoms with Gasteiger partial charge in [0.25, 0.3) is 10.0 Å². The minimum Gasteiger partial charge on any atom is -0.396 e. The second-order valence-corrected chi connectivity index (χ2v) is 8.92. The number of para-hydroxylation sites is 1. The van der Waals surface area contributed by atoms with Gasteiger partial charge < -0.3 is 10.4 Å². The fraction of sp³-hybridized carbons (Fsp3) is 0.250. The number of hydrogen-bond acceptors (Lipinski definition) is 4. The first-order chi connectivity index (χ1) is 13.1. The monoisotopic (exact) mass is 422 g/mol. The van der Waals surface area contributed by atoms with Gasteiger partial charge in [0.05, 0.1) is 15.6 Å². The lowest BCUT2D eigenvalue weighted by Crippen LogP contribution is -2.43. The quantitative estimate of drug-likeness (QED) is 0.568. The first-order valence-corrected chi connectivity index (χ1v) is 10.5. The third-order valence-electron chi connectivity index (χ3n) is 3.93. The highest BCUT2D eigenvalue weighted by Crippen LogP contribution is 2.24. The van der Waals surface area contributed by atoms with Crippen molar-refractivity contribution in [3.05, 3.63) is 65.2 Å². The molecule has 0 heterocycles. The SMILES string of the molecule is CC(C)(CCO)NC(=O)/C=C/c1ccc(S(=O)(=O)Nc2ccccc2Cl)cc1. The van der Waals surface area contributed by atoms with E-state index in [4.69, 9.17) is 16.7 Å². The molecule has 0 aliphatic carbocycles. The molecular formula is C20H23ClN2O4S. The molecule has 3 N–H and O–H groups in total. The zero-order valence-corrected chi connectivity index (χ0v) is 17.2. The Kier molecular flexibility index (Phi) is 7.23. The largest absolute Gasteiger partial charge is 0.396 e. The number of aliphatic hydroxyl groups is 1. The number of nitrogens with one attached hydrogen (secondary N) is 2. The molecule has 0 spiro atoms. The summed E-state index contributed by atoms with van der Waals surface area (Å²) in [5.41, 5.74) is 0.459. The van der Waals surface area contributed by atoms with Crippen molar-refractivity contribution >= 4 is 39.3 Å². The molecule has 0 aliphatic rings. The van der Waals surface area contributed by atoms with Crippen molar-refractivity contribution in [2.75, 3.05) is 11.3 Å². The van der Waals surface area contributed by atoms with Gasteiger partial charge in [0.2, 0.25) is 5.91 Å². The van der Waals surface area contributed by atoms with Gasteiger partial charge in [-0.1, -0.05) is 35.9 Å². The number of carbonyl (C=O) groups excluding carboxylic acids is 1. The summed E-state index contributed by atoms with van der Waals surface area (Å²) in [6.45, 7) is 3.62. The Bertz CT molecular complexity index is 954. The van der Waals surface area contributed by atoms with Crippen LogP contribution in [0.15, 0.2) is 59.5 Å². The molecule has 150 valence electrons. The van der Waals surface area contributed by atoms with E-state index in [1.807, 2.05) is 13.8 Å². The molecule has 0 aromatic heterocycles. The highest BCUT2D eigenvalue weighted by atomic mass is 35.5. The predicted molar refractivity (Wildman–Crippen MR) is 112 cm³/mol. The number of sulfonamides is 1. The Morgan fingerprint density at radius 2 is 1.79 bits per heavy atom. The number of hydrogen-bond donors (Lipinski definition) is 3. The van der Waals surface area contributed by atoms with Crippen molar-refractivity contribution in [1.82, 2.24) is 5.32 Å². The maximum absolute atomic E-state index is 12.5. The molecule has 0 saturated heterocycles. The maximum Gasteiger partial charge on any atom is 0.261 e. The van der Waals surface area contributed by atoms with E-state index in [1.54, 1.807) is 42.5 Å². The maximum atomic E-state index is 12.5. The lowest BCUT2D eigenvalue weighted by molar-refractivity contribution is -0.118. The molecule has 2 aromatic rings. The summed E-state index contributed by atoms with van der Waals surface area (Å²) in [4.78, 5) is 12.1. The fourth-order valence-corrected chi connectivity index (χ4v) is 3.71. The summed E-state index contributed by atoms with van der Waals surface area (Å²) < 4.78 is 27.4. The molecule has 2 aromatic carbocycles. The van der Waals surface area contributed by atoms with E-state index >= 15 is 0 Å². The highest BCUT2D eigenvalue weighted by molar-refractivity contribution is 7.92. The van der Waals surface area contributed by atoms with E-state index in [0.29, 0.717) is 22.7 Å². The standard InChI is InChI=1S/C20H23ClN2O4S/c1-20(2,13-14-24)22-19(25)12-9-15-7-10-16(11-8-15)28(26,27)23-18-6-4-3-5-17(18)21/h3-12,23-24H,13-14H2,1-2H3,(H,22,25)/b12-9+. The molecule has 8 heteroatoms. The van der Waals surface area contributed by atoms with E-state index in [9.17, 15) is 13.2 Å². The van der Waals surface area contributed by atoms with Crippen LogP contribution in [0.5, 0.6) is 0 Å². The Hall–Kier alpha value is -2.35. The normalized spacial score (nSPS) is 12.1. The van der Waals surface area contributed by atoms with Gasteiger partial charge in [0.1, 0.15) is 0 Å². The van der Waals surface area contributed by atoms with Gasteiger partial charge in [0, 0.05) is 18.2 Å². The molecule has 0 unspecified atom stereocenters. The van der Waals surface area contributed by atoms with Gasteiger partial charge >= 0.3 is 0 Å². The number of benzene rings is 2. The van der Waals surface area contributed by atoms with Crippen LogP contribution >= 0.6 is 11.6 Å². The van der Waals surface area contributed by atoms with Crippen molar-refractivity contribution in [1.29, 1.82) is 0 Å². The second kappa shape index (κ2) is 9.23. The van der Waals surface area contributed by atoms with Crippen molar-refractivity contribution in [2.24, 2.45) is 0 Å². The summed E-state index contributed by atoms with van der Waals surface area (Å²) >= 11 is 5.99. The molecule has 0 radical (unpaired) electrons. The minimum absolute atomic E-state index is 0.0187. The van der Waals surface area contributed by atoms with Gasteiger partial charge in [-0.3, -0.25) is 9.52 Å². The molecule has 6 nitrogen and oxygen atoms in total. The Morgan fingerprint density at radius 1 is 1.14 bits per heavy atom. The number of halogens is 1. The van der Waals surface area contributed by atoms with E-state index in [0.717, 1.165) is 0 Å². The first kappa shape index (κ1) is 21.9. The molecule has 0 atom stereocenters. The second-order valence-electron chi connectivity index (χ2n) is 6.83. The molecule has 28 heavy (non-hydrogen) atoms. The summed E-state index contributed by atoms with van der Waals surface area (Å²) in [7, 11) is -3.78. The van der Waals surface area contributed by atoms with Crippen LogP contribution in [0, 0.1) is 0 Å². The van der Waals surface area contributed by atoms with Crippen LogP contribution in [0.4, 0.5) is 5.69 Å². The molecule has 0 fully saturated rings. The number of rotatable bonds is 8. The zero-order chi connectivity index (χ0) is 20.8. The number of anilines is 1. The predicted octanol–water partition coefficient (Wildman–Crippen LogP) is 3.43. The average molecular weight is 423 g/mol. The van der Waals surface area contributed by atoms with Gasteiger partial charge in [-0.2, -0.15) is 0 Å². The third-order valence-corrected chi connectivity index (χ3v) is 5.65. The summed E-state index contributed by atoms with van der Waals surface area (Å²) in [5, 5.41) is 12.1. The smallest absolute Gasteiger partial charge is 0.261 e. The topological polar surface area (TPSA) is 95.5 Å². The van der Waals surface area contributed by atoms with Crippen LogP contribution in [0.3, 0.4) is 0 Å². The van der Waals surface area contributed by atoms with Gasteiger partial charge in [-0.15, -0.1) is 0 Å². The van der Waals surface area contributed by atoms with Crippen LogP contribution < -0.4 is 10.0 Å². The van der Waals surface area contributed by atoms with Gasteiger partial charge in [-0.25, -0.2) is 8.42 Å². The minimum atomic E-state index is -3.78. The molecule has 2 rings (SSSR count). The fourth-order valence-electron chi connectivity index (χ4n) is 2.39.